The molecule has 0 aliphatic carbocycles. The highest BCUT2D eigenvalue weighted by Gasteiger charge is 2.23. The van der Waals surface area contributed by atoms with Gasteiger partial charge in [0.15, 0.2) is 17.3 Å². The quantitative estimate of drug-likeness (QED) is 0.693. The smallest absolute Gasteiger partial charge is 0.341 e. The molecule has 29 heavy (non-hydrogen) atoms. The lowest BCUT2D eigenvalue weighted by Crippen LogP contribution is -2.45. The summed E-state index contributed by atoms with van der Waals surface area (Å²) in [6, 6.07) is 7.05. The highest BCUT2D eigenvalue weighted by molar-refractivity contribution is 5.92. The van der Waals surface area contributed by atoms with E-state index in [4.69, 9.17) is 0 Å². The van der Waals surface area contributed by atoms with Crippen molar-refractivity contribution in [1.29, 1.82) is 0 Å². The van der Waals surface area contributed by atoms with Crippen LogP contribution in [0, 0.1) is 5.82 Å². The van der Waals surface area contributed by atoms with Crippen LogP contribution in [-0.4, -0.2) is 63.9 Å². The SMILES string of the molecule is CN1CCN(c2nc3c(cc2F)c(=O)c(C(=O)O)cn3-c2ccc(O)cc2)CC1. The van der Waals surface area contributed by atoms with Gasteiger partial charge < -0.3 is 24.6 Å². The predicted molar refractivity (Wildman–Crippen MR) is 106 cm³/mol. The van der Waals surface area contributed by atoms with E-state index in [-0.39, 0.29) is 22.6 Å². The number of piperazine rings is 1. The Balaban J connectivity index is 1.97. The molecule has 0 unspecified atom stereocenters. The van der Waals surface area contributed by atoms with E-state index in [1.54, 1.807) is 12.1 Å². The molecule has 0 spiro atoms. The number of hydrogen-bond acceptors (Lipinski definition) is 6. The molecule has 2 N–H and O–H groups in total. The standard InChI is InChI=1S/C20H19FN4O4/c1-23-6-8-24(9-7-23)19-16(21)10-14-17(27)15(20(28)29)11-25(18(14)22-19)12-2-4-13(26)5-3-12/h2-5,10-11,26H,6-9H2,1H3,(H,28,29). The normalized spacial score (nSPS) is 15.0. The molecule has 0 radical (unpaired) electrons. The zero-order valence-corrected chi connectivity index (χ0v) is 15.7. The van der Waals surface area contributed by atoms with Crippen molar-refractivity contribution in [3.63, 3.8) is 0 Å². The van der Waals surface area contributed by atoms with E-state index >= 15 is 0 Å². The number of hydrogen-bond donors (Lipinski definition) is 2. The fourth-order valence-corrected chi connectivity index (χ4v) is 3.42. The van der Waals surface area contributed by atoms with Crippen LogP contribution in [0.3, 0.4) is 0 Å². The first kappa shape index (κ1) is 18.9. The first-order valence-electron chi connectivity index (χ1n) is 9.07. The molecular weight excluding hydrogens is 379 g/mol. The van der Waals surface area contributed by atoms with Crippen LogP contribution < -0.4 is 10.3 Å². The van der Waals surface area contributed by atoms with Crippen molar-refractivity contribution in [2.75, 3.05) is 38.1 Å². The summed E-state index contributed by atoms with van der Waals surface area (Å²) in [4.78, 5) is 32.5. The first-order chi connectivity index (χ1) is 13.8. The molecule has 0 bridgehead atoms. The summed E-state index contributed by atoms with van der Waals surface area (Å²) >= 11 is 0. The van der Waals surface area contributed by atoms with Crippen molar-refractivity contribution in [2.24, 2.45) is 0 Å². The molecule has 150 valence electrons. The van der Waals surface area contributed by atoms with E-state index in [9.17, 15) is 24.2 Å². The van der Waals surface area contributed by atoms with Crippen LogP contribution in [0.1, 0.15) is 10.4 Å². The zero-order chi connectivity index (χ0) is 20.7. The van der Waals surface area contributed by atoms with Crippen LogP contribution in [0.15, 0.2) is 41.3 Å². The van der Waals surface area contributed by atoms with E-state index in [2.05, 4.69) is 9.88 Å². The number of carboxylic acid groups (broad SMARTS) is 1. The minimum absolute atomic E-state index is 0.0367. The van der Waals surface area contributed by atoms with Crippen molar-refractivity contribution in [2.45, 2.75) is 0 Å². The van der Waals surface area contributed by atoms with Gasteiger partial charge in [-0.3, -0.25) is 4.79 Å². The van der Waals surface area contributed by atoms with Gasteiger partial charge >= 0.3 is 5.97 Å². The van der Waals surface area contributed by atoms with Crippen LogP contribution in [0.5, 0.6) is 5.75 Å². The molecular formula is C20H19FN4O4. The number of aromatic nitrogens is 2. The summed E-state index contributed by atoms with van der Waals surface area (Å²) in [5, 5.41) is 18.8. The maximum Gasteiger partial charge on any atom is 0.341 e. The number of phenolic OH excluding ortho intramolecular Hbond substituents is 1. The maximum atomic E-state index is 14.9. The van der Waals surface area contributed by atoms with Crippen LogP contribution in [-0.2, 0) is 0 Å². The molecule has 9 heteroatoms. The highest BCUT2D eigenvalue weighted by atomic mass is 19.1. The van der Waals surface area contributed by atoms with Crippen molar-refractivity contribution >= 4 is 22.8 Å². The minimum atomic E-state index is -1.41. The molecule has 8 nitrogen and oxygen atoms in total. The number of pyridine rings is 2. The molecule has 1 aliphatic rings. The molecule has 2 aromatic heterocycles. The van der Waals surface area contributed by atoms with E-state index < -0.39 is 22.8 Å². The van der Waals surface area contributed by atoms with Gasteiger partial charge in [-0.05, 0) is 37.4 Å². The Morgan fingerprint density at radius 2 is 1.79 bits per heavy atom. The monoisotopic (exact) mass is 398 g/mol. The molecule has 1 aromatic carbocycles. The average Bonchev–Trinajstić information content (AvgIpc) is 2.70. The van der Waals surface area contributed by atoms with Gasteiger partial charge in [-0.1, -0.05) is 0 Å². The summed E-state index contributed by atoms with van der Waals surface area (Å²) in [6.07, 6.45) is 1.18. The third kappa shape index (κ3) is 3.40. The van der Waals surface area contributed by atoms with Crippen LogP contribution in [0.25, 0.3) is 16.7 Å². The summed E-state index contributed by atoms with van der Waals surface area (Å²) in [5.74, 6) is -1.91. The Morgan fingerprint density at radius 3 is 2.41 bits per heavy atom. The number of likely N-dealkylation sites (N-methyl/N-ethyl adjacent to an activating group) is 1. The third-order valence-corrected chi connectivity index (χ3v) is 5.07. The summed E-state index contributed by atoms with van der Waals surface area (Å²) in [5.41, 5.74) is -0.641. The Kier molecular flexibility index (Phi) is 4.67. The van der Waals surface area contributed by atoms with Crippen LogP contribution in [0.4, 0.5) is 10.2 Å². The van der Waals surface area contributed by atoms with Gasteiger partial charge in [0.05, 0.1) is 5.39 Å². The first-order valence-corrected chi connectivity index (χ1v) is 9.07. The number of carboxylic acids is 1. The van der Waals surface area contributed by atoms with Crippen molar-refractivity contribution in [3.8, 4) is 11.4 Å². The number of aromatic hydroxyl groups is 1. The van der Waals surface area contributed by atoms with Gasteiger partial charge in [-0.2, -0.15) is 0 Å². The number of halogens is 1. The third-order valence-electron chi connectivity index (χ3n) is 5.07. The number of phenols is 1. The lowest BCUT2D eigenvalue weighted by molar-refractivity contribution is 0.0695. The van der Waals surface area contributed by atoms with E-state index in [0.717, 1.165) is 19.2 Å². The second kappa shape index (κ2) is 7.17. The average molecular weight is 398 g/mol. The molecule has 0 saturated carbocycles. The number of nitrogens with zero attached hydrogens (tertiary/aromatic N) is 4. The second-order valence-electron chi connectivity index (χ2n) is 7.02. The van der Waals surface area contributed by atoms with Gasteiger partial charge in [0.25, 0.3) is 0 Å². The Labute approximate surface area is 165 Å². The lowest BCUT2D eigenvalue weighted by Gasteiger charge is -2.33. The van der Waals surface area contributed by atoms with Crippen molar-refractivity contribution < 1.29 is 19.4 Å². The highest BCUT2D eigenvalue weighted by Crippen LogP contribution is 2.25. The van der Waals surface area contributed by atoms with Crippen LogP contribution >= 0.6 is 0 Å². The van der Waals surface area contributed by atoms with E-state index in [1.807, 2.05) is 11.9 Å². The maximum absolute atomic E-state index is 14.9. The van der Waals surface area contributed by atoms with Crippen molar-refractivity contribution in [1.82, 2.24) is 14.5 Å². The zero-order valence-electron chi connectivity index (χ0n) is 15.7. The molecule has 1 fully saturated rings. The molecule has 1 saturated heterocycles. The Bertz CT molecular complexity index is 1150. The molecule has 3 aromatic rings. The molecule has 1 aliphatic heterocycles. The second-order valence-corrected chi connectivity index (χ2v) is 7.02. The van der Waals surface area contributed by atoms with E-state index in [0.29, 0.717) is 18.8 Å². The number of fused-ring (bicyclic) bond motifs is 1. The number of anilines is 1. The van der Waals surface area contributed by atoms with Crippen molar-refractivity contribution in [3.05, 3.63) is 58.1 Å². The number of benzene rings is 1. The minimum Gasteiger partial charge on any atom is -0.508 e. The number of rotatable bonds is 3. The van der Waals surface area contributed by atoms with Crippen LogP contribution in [0.2, 0.25) is 0 Å². The van der Waals surface area contributed by atoms with Gasteiger partial charge in [0.1, 0.15) is 11.3 Å². The summed E-state index contributed by atoms with van der Waals surface area (Å²) in [7, 11) is 1.98. The van der Waals surface area contributed by atoms with Gasteiger partial charge in [0, 0.05) is 38.1 Å². The van der Waals surface area contributed by atoms with E-state index in [1.165, 1.54) is 22.9 Å². The lowest BCUT2D eigenvalue weighted by atomic mass is 10.1. The van der Waals surface area contributed by atoms with Gasteiger partial charge in [-0.15, -0.1) is 0 Å². The molecule has 0 amide bonds. The predicted octanol–water partition coefficient (Wildman–Crippen LogP) is 1.68. The topological polar surface area (TPSA) is 98.9 Å². The summed E-state index contributed by atoms with van der Waals surface area (Å²) < 4.78 is 16.3. The largest absolute Gasteiger partial charge is 0.508 e. The van der Waals surface area contributed by atoms with Gasteiger partial charge in [0.2, 0.25) is 5.43 Å². The Morgan fingerprint density at radius 1 is 1.14 bits per heavy atom. The molecule has 4 rings (SSSR count). The molecule has 3 heterocycles. The Hall–Kier alpha value is -3.46. The fraction of sp³-hybridized carbons (Fsp3) is 0.250. The number of aromatic carboxylic acids is 1. The molecule has 0 atom stereocenters. The number of carbonyl (C=O) groups is 1. The van der Waals surface area contributed by atoms with Gasteiger partial charge in [-0.25, -0.2) is 14.2 Å². The summed E-state index contributed by atoms with van der Waals surface area (Å²) in [6.45, 7) is 2.68. The fourth-order valence-electron chi connectivity index (χ4n) is 3.42.